The maximum absolute atomic E-state index is 14.1. The Balaban J connectivity index is 1.47. The number of carbonyl (C=O) groups excluding carboxylic acids is 1. The van der Waals surface area contributed by atoms with Gasteiger partial charge in [-0.05, 0) is 49.4 Å². The highest BCUT2D eigenvalue weighted by molar-refractivity contribution is 5.99. The van der Waals surface area contributed by atoms with Gasteiger partial charge in [-0.15, -0.1) is 0 Å². The number of aryl methyl sites for hydroxylation is 1. The molecule has 1 saturated heterocycles. The fourth-order valence-corrected chi connectivity index (χ4v) is 4.48. The van der Waals surface area contributed by atoms with Crippen LogP contribution in [0.25, 0.3) is 28.0 Å². The molecule has 168 valence electrons. The fraction of sp³-hybridized carbons (Fsp3) is 0.269. The number of benzene rings is 2. The summed E-state index contributed by atoms with van der Waals surface area (Å²) in [5, 5.41) is 10.4. The minimum absolute atomic E-state index is 0.00508. The van der Waals surface area contributed by atoms with Gasteiger partial charge in [-0.2, -0.15) is 0 Å². The number of halogens is 1. The first kappa shape index (κ1) is 21.3. The summed E-state index contributed by atoms with van der Waals surface area (Å²) in [5.74, 6) is 0.416. The van der Waals surface area contributed by atoms with Crippen molar-refractivity contribution in [2.24, 2.45) is 5.92 Å². The van der Waals surface area contributed by atoms with Crippen molar-refractivity contribution in [1.82, 2.24) is 19.4 Å². The molecule has 33 heavy (non-hydrogen) atoms. The number of amides is 1. The molecule has 1 aliphatic heterocycles. The Morgan fingerprint density at radius 2 is 1.85 bits per heavy atom. The second kappa shape index (κ2) is 8.75. The molecule has 0 bridgehead atoms. The summed E-state index contributed by atoms with van der Waals surface area (Å²) in [6.07, 6.45) is 6.82. The van der Waals surface area contributed by atoms with Crippen molar-refractivity contribution in [3.63, 3.8) is 0 Å². The van der Waals surface area contributed by atoms with Crippen LogP contribution >= 0.6 is 0 Å². The fourth-order valence-electron chi connectivity index (χ4n) is 4.48. The Kier molecular flexibility index (Phi) is 5.64. The lowest BCUT2D eigenvalue weighted by Gasteiger charge is -2.31. The number of hydrogen-bond acceptors (Lipinski definition) is 4. The number of nitrogens with zero attached hydrogens (tertiary/aromatic N) is 4. The highest BCUT2D eigenvalue weighted by atomic mass is 19.1. The number of piperidine rings is 1. The Hall–Kier alpha value is -3.58. The van der Waals surface area contributed by atoms with Crippen LogP contribution in [-0.2, 0) is 0 Å². The van der Waals surface area contributed by atoms with E-state index in [0.29, 0.717) is 35.7 Å². The van der Waals surface area contributed by atoms with E-state index in [4.69, 9.17) is 0 Å². The predicted molar refractivity (Wildman–Crippen MR) is 125 cm³/mol. The van der Waals surface area contributed by atoms with Gasteiger partial charge in [0.15, 0.2) is 0 Å². The third-order valence-corrected chi connectivity index (χ3v) is 6.45. The molecule has 0 aliphatic carbocycles. The molecule has 0 unspecified atom stereocenters. The number of aliphatic hydroxyl groups is 1. The average molecular weight is 445 g/mol. The zero-order chi connectivity index (χ0) is 22.9. The summed E-state index contributed by atoms with van der Waals surface area (Å²) >= 11 is 0. The summed E-state index contributed by atoms with van der Waals surface area (Å²) in [6.45, 7) is 3.50. The maximum Gasteiger partial charge on any atom is 0.253 e. The number of hydrogen-bond donors (Lipinski definition) is 1. The lowest BCUT2D eigenvalue weighted by atomic mass is 9.97. The molecule has 0 saturated carbocycles. The second-order valence-corrected chi connectivity index (χ2v) is 8.58. The van der Waals surface area contributed by atoms with Gasteiger partial charge in [0.1, 0.15) is 5.82 Å². The van der Waals surface area contributed by atoms with Crippen molar-refractivity contribution in [1.29, 1.82) is 0 Å². The molecule has 0 spiro atoms. The SMILES string of the molecule is Cc1cn(-c2ncc(-c3ccccc3F)cn2)c2cc(C(=O)N3CCC(CO)CC3)ccc12. The lowest BCUT2D eigenvalue weighted by molar-refractivity contribution is 0.0651. The van der Waals surface area contributed by atoms with Gasteiger partial charge in [0.05, 0.1) is 5.52 Å². The largest absolute Gasteiger partial charge is 0.396 e. The van der Waals surface area contributed by atoms with Crippen molar-refractivity contribution in [2.45, 2.75) is 19.8 Å². The van der Waals surface area contributed by atoms with E-state index in [1.807, 2.05) is 40.8 Å². The third kappa shape index (κ3) is 4.00. The predicted octanol–water partition coefficient (Wildman–Crippen LogP) is 4.38. The van der Waals surface area contributed by atoms with Crippen LogP contribution in [0.1, 0.15) is 28.8 Å². The molecule has 1 amide bonds. The smallest absolute Gasteiger partial charge is 0.253 e. The summed E-state index contributed by atoms with van der Waals surface area (Å²) in [6, 6.07) is 12.2. The van der Waals surface area contributed by atoms with Crippen LogP contribution in [0.15, 0.2) is 61.1 Å². The van der Waals surface area contributed by atoms with Crippen molar-refractivity contribution in [2.75, 3.05) is 19.7 Å². The van der Waals surface area contributed by atoms with Gasteiger partial charge >= 0.3 is 0 Å². The van der Waals surface area contributed by atoms with Gasteiger partial charge in [-0.1, -0.05) is 24.3 Å². The normalized spacial score (nSPS) is 14.7. The van der Waals surface area contributed by atoms with E-state index in [1.54, 1.807) is 30.6 Å². The summed E-state index contributed by atoms with van der Waals surface area (Å²) in [5.41, 5.74) is 3.58. The Morgan fingerprint density at radius 3 is 2.55 bits per heavy atom. The molecule has 0 radical (unpaired) electrons. The molecule has 2 aromatic heterocycles. The Labute approximate surface area is 191 Å². The molecular weight excluding hydrogens is 419 g/mol. The molecule has 6 nitrogen and oxygen atoms in total. The molecule has 1 N–H and O–H groups in total. The number of aliphatic hydroxyl groups excluding tert-OH is 1. The van der Waals surface area contributed by atoms with Gasteiger partial charge < -0.3 is 10.0 Å². The number of fused-ring (bicyclic) bond motifs is 1. The van der Waals surface area contributed by atoms with Gasteiger partial charge in [-0.25, -0.2) is 14.4 Å². The van der Waals surface area contributed by atoms with Crippen molar-refractivity contribution in [3.8, 4) is 17.1 Å². The van der Waals surface area contributed by atoms with Crippen LogP contribution in [-0.4, -0.2) is 50.1 Å². The summed E-state index contributed by atoms with van der Waals surface area (Å²) in [4.78, 5) is 23.9. The van der Waals surface area contributed by atoms with Crippen molar-refractivity contribution in [3.05, 3.63) is 78.0 Å². The standard InChI is InChI=1S/C26H25FN4O2/c1-17-15-31(26-28-13-20(14-29-26)22-4-2-3-5-23(22)27)24-12-19(6-7-21(17)24)25(33)30-10-8-18(16-32)9-11-30/h2-7,12-15,18,32H,8-11,16H2,1H3. The molecule has 7 heteroatoms. The minimum atomic E-state index is -0.317. The van der Waals surface area contributed by atoms with Crippen LogP contribution in [0.3, 0.4) is 0 Å². The zero-order valence-corrected chi connectivity index (χ0v) is 18.4. The minimum Gasteiger partial charge on any atom is -0.396 e. The molecule has 5 rings (SSSR count). The summed E-state index contributed by atoms with van der Waals surface area (Å²) < 4.78 is 16.0. The third-order valence-electron chi connectivity index (χ3n) is 6.45. The average Bonchev–Trinajstić information content (AvgIpc) is 3.20. The van der Waals surface area contributed by atoms with Crippen LogP contribution < -0.4 is 0 Å². The van der Waals surface area contributed by atoms with Crippen molar-refractivity contribution < 1.29 is 14.3 Å². The van der Waals surface area contributed by atoms with Crippen molar-refractivity contribution >= 4 is 16.8 Å². The number of aromatic nitrogens is 3. The molecule has 4 aromatic rings. The maximum atomic E-state index is 14.1. The van der Waals surface area contributed by atoms with Crippen LogP contribution in [0.2, 0.25) is 0 Å². The van der Waals surface area contributed by atoms with Gasteiger partial charge in [0.25, 0.3) is 5.91 Å². The number of rotatable bonds is 4. The first-order valence-corrected chi connectivity index (χ1v) is 11.1. The quantitative estimate of drug-likeness (QED) is 0.507. The Morgan fingerprint density at radius 1 is 1.12 bits per heavy atom. The van der Waals surface area contributed by atoms with Crippen LogP contribution in [0.5, 0.6) is 0 Å². The highest BCUT2D eigenvalue weighted by Crippen LogP contribution is 2.27. The van der Waals surface area contributed by atoms with Crippen LogP contribution in [0.4, 0.5) is 4.39 Å². The first-order valence-electron chi connectivity index (χ1n) is 11.1. The number of likely N-dealkylation sites (tertiary alicyclic amines) is 1. The van der Waals surface area contributed by atoms with Gasteiger partial charge in [-0.3, -0.25) is 9.36 Å². The monoisotopic (exact) mass is 444 g/mol. The van der Waals surface area contributed by atoms with Gasteiger partial charge in [0.2, 0.25) is 5.95 Å². The van der Waals surface area contributed by atoms with E-state index in [-0.39, 0.29) is 24.2 Å². The molecular formula is C26H25FN4O2. The van der Waals surface area contributed by atoms with E-state index in [1.165, 1.54) is 6.07 Å². The first-order chi connectivity index (χ1) is 16.0. The molecule has 0 atom stereocenters. The summed E-state index contributed by atoms with van der Waals surface area (Å²) in [7, 11) is 0. The van der Waals surface area contributed by atoms with E-state index < -0.39 is 0 Å². The molecule has 1 fully saturated rings. The van der Waals surface area contributed by atoms with E-state index >= 15 is 0 Å². The molecule has 3 heterocycles. The molecule has 1 aliphatic rings. The lowest BCUT2D eigenvalue weighted by Crippen LogP contribution is -2.39. The van der Waals surface area contributed by atoms with E-state index in [2.05, 4.69) is 9.97 Å². The second-order valence-electron chi connectivity index (χ2n) is 8.58. The Bertz CT molecular complexity index is 1310. The van der Waals surface area contributed by atoms with E-state index in [9.17, 15) is 14.3 Å². The topological polar surface area (TPSA) is 71.2 Å². The molecule has 2 aromatic carbocycles. The zero-order valence-electron chi connectivity index (χ0n) is 18.4. The number of carbonyl (C=O) groups is 1. The van der Waals surface area contributed by atoms with E-state index in [0.717, 1.165) is 29.3 Å². The highest BCUT2D eigenvalue weighted by Gasteiger charge is 2.24. The van der Waals surface area contributed by atoms with Gasteiger partial charge in [0, 0.05) is 60.4 Å². The van der Waals surface area contributed by atoms with Crippen LogP contribution in [0, 0.1) is 18.7 Å².